The molecule has 0 radical (unpaired) electrons. The van der Waals surface area contributed by atoms with E-state index < -0.39 is 17.7 Å². The van der Waals surface area contributed by atoms with E-state index in [1.165, 1.54) is 7.11 Å². The van der Waals surface area contributed by atoms with Crippen molar-refractivity contribution in [2.24, 2.45) is 11.5 Å². The number of primary amides is 2. The van der Waals surface area contributed by atoms with E-state index in [2.05, 4.69) is 44.5 Å². The number of benzene rings is 2. The van der Waals surface area contributed by atoms with Crippen LogP contribution in [0.3, 0.4) is 0 Å². The predicted octanol–water partition coefficient (Wildman–Crippen LogP) is 4.56. The van der Waals surface area contributed by atoms with Crippen molar-refractivity contribution in [2.45, 2.75) is 86.7 Å². The molecule has 340 valence electrons. The van der Waals surface area contributed by atoms with Crippen LogP contribution in [-0.2, 0) is 32.7 Å². The molecule has 7 rings (SSSR count). The topological polar surface area (TPSA) is 224 Å². The Labute approximate surface area is 372 Å². The molecule has 0 aliphatic carbocycles. The summed E-state index contributed by atoms with van der Waals surface area (Å²) in [6.07, 6.45) is 4.72. The van der Waals surface area contributed by atoms with E-state index in [4.69, 9.17) is 30.9 Å². The van der Waals surface area contributed by atoms with Crippen molar-refractivity contribution in [3.05, 3.63) is 82.5 Å². The fourth-order valence-electron chi connectivity index (χ4n) is 8.25. The number of fused-ring (bicyclic) bond motifs is 2. The Hall–Kier alpha value is -6.73. The zero-order chi connectivity index (χ0) is 45.7. The summed E-state index contributed by atoms with van der Waals surface area (Å²) in [4.78, 5) is 53.3. The van der Waals surface area contributed by atoms with Crippen LogP contribution in [0.5, 0.6) is 11.5 Å². The van der Waals surface area contributed by atoms with Gasteiger partial charge in [0.2, 0.25) is 23.7 Å². The van der Waals surface area contributed by atoms with Gasteiger partial charge in [-0.05, 0) is 84.4 Å². The fraction of sp³-hybridized carbons (Fsp3) is 0.444. The summed E-state index contributed by atoms with van der Waals surface area (Å²) >= 11 is 0. The number of nitrogens with one attached hydrogen (secondary N) is 2. The lowest BCUT2D eigenvalue weighted by Gasteiger charge is -2.36. The molecule has 0 bridgehead atoms. The Bertz CT molecular complexity index is 2680. The minimum Gasteiger partial charge on any atom is -0.494 e. The normalized spacial score (nSPS) is 13.8. The van der Waals surface area contributed by atoms with Gasteiger partial charge < -0.3 is 40.3 Å². The van der Waals surface area contributed by atoms with E-state index in [9.17, 15) is 14.4 Å². The zero-order valence-corrected chi connectivity index (χ0v) is 37.8. The number of methoxy groups -OCH3 is 1. The van der Waals surface area contributed by atoms with Gasteiger partial charge in [-0.25, -0.2) is 9.97 Å². The minimum absolute atomic E-state index is 0.216. The number of aromatic nitrogens is 8. The number of carbonyl (C=O) groups is 3. The van der Waals surface area contributed by atoms with E-state index in [0.29, 0.717) is 95.3 Å². The second-order valence-corrected chi connectivity index (χ2v) is 16.2. The van der Waals surface area contributed by atoms with Crippen LogP contribution in [0.1, 0.15) is 82.4 Å². The molecule has 19 nitrogen and oxygen atoms in total. The van der Waals surface area contributed by atoms with E-state index in [0.717, 1.165) is 50.5 Å². The fourth-order valence-corrected chi connectivity index (χ4v) is 8.25. The SMILES string of the molecule is CCn1nc(C)cc1CNc1nc2cc(C(N)=O)cc(OCCCN3CCN(C(C)C)CC3)c2n1C/C=C/Cn1c(NC(=O)c2cc(C)nn2CC)nc2cc(C(N)=O)cc(OC)c21. The lowest BCUT2D eigenvalue weighted by Crippen LogP contribution is -2.49. The molecule has 1 fully saturated rings. The van der Waals surface area contributed by atoms with Crippen LogP contribution in [0.2, 0.25) is 0 Å². The van der Waals surface area contributed by atoms with Crippen LogP contribution in [0, 0.1) is 13.8 Å². The summed E-state index contributed by atoms with van der Waals surface area (Å²) < 4.78 is 19.6. The molecule has 0 spiro atoms. The molecule has 5 heterocycles. The van der Waals surface area contributed by atoms with E-state index in [1.807, 2.05) is 59.7 Å². The quantitative estimate of drug-likeness (QED) is 0.0613. The first-order valence-electron chi connectivity index (χ1n) is 21.9. The van der Waals surface area contributed by atoms with E-state index >= 15 is 0 Å². The molecule has 19 heteroatoms. The van der Waals surface area contributed by atoms with Gasteiger partial charge in [-0.1, -0.05) is 12.2 Å². The monoisotopic (exact) mass is 876 g/mol. The number of imidazole rings is 2. The highest BCUT2D eigenvalue weighted by atomic mass is 16.5. The van der Waals surface area contributed by atoms with E-state index in [1.54, 1.807) is 35.0 Å². The standard InChI is InChI=1S/C45H60N14O5/c1-8-58-33(21-29(5)52-58)27-48-44-49-35-24-32(42(47)61)26-38(64-20-12-13-54-16-18-55(19-17-54)28(3)4)40(35)56(44)14-10-11-15-57-39-34(23-31(41(46)60)25-37(39)63-7)50-45(57)51-43(62)36-22-30(6)53-59(36)9-2/h10-11,21-26,28H,8-9,12-20,27H2,1-7H3,(H2,46,60)(H2,47,61)(H,48,49)(H,50,51,62)/b11-10+. The van der Waals surface area contributed by atoms with Crippen molar-refractivity contribution in [3.8, 4) is 11.5 Å². The third kappa shape index (κ3) is 9.89. The number of anilines is 2. The average molecular weight is 877 g/mol. The summed E-state index contributed by atoms with van der Waals surface area (Å²) in [7, 11) is 1.50. The van der Waals surface area contributed by atoms with Crippen molar-refractivity contribution in [1.82, 2.24) is 48.5 Å². The summed E-state index contributed by atoms with van der Waals surface area (Å²) in [5.41, 5.74) is 17.2. The third-order valence-electron chi connectivity index (χ3n) is 11.5. The maximum absolute atomic E-state index is 13.7. The highest BCUT2D eigenvalue weighted by Crippen LogP contribution is 2.33. The molecule has 1 aliphatic heterocycles. The van der Waals surface area contributed by atoms with Crippen LogP contribution in [-0.4, -0.2) is 119 Å². The molecule has 0 atom stereocenters. The molecule has 0 unspecified atom stereocenters. The average Bonchev–Trinajstić information content (AvgIpc) is 4.04. The number of carbonyl (C=O) groups excluding carboxylic acids is 3. The summed E-state index contributed by atoms with van der Waals surface area (Å²) in [6.45, 7) is 19.9. The first-order valence-corrected chi connectivity index (χ1v) is 21.9. The molecule has 1 aliphatic rings. The molecule has 1 saturated heterocycles. The first kappa shape index (κ1) is 45.3. The number of amides is 3. The number of aryl methyl sites for hydroxylation is 4. The second-order valence-electron chi connectivity index (χ2n) is 16.2. The third-order valence-corrected chi connectivity index (χ3v) is 11.5. The second kappa shape index (κ2) is 19.8. The number of hydrogen-bond donors (Lipinski definition) is 4. The Kier molecular flexibility index (Phi) is 14.0. The number of ether oxygens (including phenoxy) is 2. The number of rotatable bonds is 20. The van der Waals surface area contributed by atoms with Crippen molar-refractivity contribution in [3.63, 3.8) is 0 Å². The highest BCUT2D eigenvalue weighted by molar-refractivity contribution is 6.04. The molecule has 6 aromatic rings. The first-order chi connectivity index (χ1) is 30.8. The van der Waals surface area contributed by atoms with Gasteiger partial charge in [0.25, 0.3) is 5.91 Å². The zero-order valence-electron chi connectivity index (χ0n) is 37.8. The predicted molar refractivity (Wildman–Crippen MR) is 246 cm³/mol. The summed E-state index contributed by atoms with van der Waals surface area (Å²) in [6, 6.07) is 10.8. The van der Waals surface area contributed by atoms with Gasteiger partial charge in [0.05, 0.1) is 48.4 Å². The van der Waals surface area contributed by atoms with Crippen molar-refractivity contribution >= 4 is 51.7 Å². The van der Waals surface area contributed by atoms with Gasteiger partial charge in [-0.2, -0.15) is 10.2 Å². The smallest absolute Gasteiger partial charge is 0.276 e. The minimum atomic E-state index is -0.639. The Morgan fingerprint density at radius 3 is 1.97 bits per heavy atom. The molecule has 4 aromatic heterocycles. The number of hydrogen-bond acceptors (Lipinski definition) is 12. The van der Waals surface area contributed by atoms with Crippen LogP contribution >= 0.6 is 0 Å². The number of allylic oxidation sites excluding steroid dienone is 2. The van der Waals surface area contributed by atoms with Crippen molar-refractivity contribution in [1.29, 1.82) is 0 Å². The molecule has 6 N–H and O–H groups in total. The van der Waals surface area contributed by atoms with Crippen LogP contribution < -0.4 is 31.6 Å². The number of nitrogens with two attached hydrogens (primary N) is 2. The lowest BCUT2D eigenvalue weighted by atomic mass is 10.1. The maximum Gasteiger partial charge on any atom is 0.276 e. The number of nitrogens with zero attached hydrogens (tertiary/aromatic N) is 10. The summed E-state index contributed by atoms with van der Waals surface area (Å²) in [5, 5.41) is 15.5. The summed E-state index contributed by atoms with van der Waals surface area (Å²) in [5.74, 6) is 0.0429. The lowest BCUT2D eigenvalue weighted by molar-refractivity contribution is 0.0991. The Balaban J connectivity index is 1.21. The molecular formula is C45H60N14O5. The van der Waals surface area contributed by atoms with Crippen LogP contribution in [0.25, 0.3) is 22.1 Å². The Morgan fingerprint density at radius 2 is 1.36 bits per heavy atom. The van der Waals surface area contributed by atoms with Gasteiger partial charge in [-0.15, -0.1) is 0 Å². The van der Waals surface area contributed by atoms with Gasteiger partial charge in [0.15, 0.2) is 0 Å². The molecule has 0 saturated carbocycles. The molecular weight excluding hydrogens is 817 g/mol. The Morgan fingerprint density at radius 1 is 0.781 bits per heavy atom. The maximum atomic E-state index is 13.7. The van der Waals surface area contributed by atoms with E-state index in [-0.39, 0.29) is 18.1 Å². The van der Waals surface area contributed by atoms with Gasteiger partial charge >= 0.3 is 0 Å². The van der Waals surface area contributed by atoms with Gasteiger partial charge in [-0.3, -0.25) is 34.0 Å². The van der Waals surface area contributed by atoms with Crippen LogP contribution in [0.4, 0.5) is 11.9 Å². The van der Waals surface area contributed by atoms with Crippen molar-refractivity contribution < 1.29 is 23.9 Å². The largest absolute Gasteiger partial charge is 0.494 e. The molecule has 3 amide bonds. The molecule has 64 heavy (non-hydrogen) atoms. The highest BCUT2D eigenvalue weighted by Gasteiger charge is 2.23. The van der Waals surface area contributed by atoms with Gasteiger partial charge in [0, 0.05) is 76.1 Å². The van der Waals surface area contributed by atoms with Gasteiger partial charge in [0.1, 0.15) is 28.2 Å². The van der Waals surface area contributed by atoms with Crippen molar-refractivity contribution in [2.75, 3.05) is 57.1 Å². The molecule has 2 aromatic carbocycles. The van der Waals surface area contributed by atoms with Crippen LogP contribution in [0.15, 0.2) is 48.6 Å². The number of piperazine rings is 1.